The Labute approximate surface area is 187 Å². The van der Waals surface area contributed by atoms with Crippen molar-refractivity contribution in [2.24, 2.45) is 16.5 Å². The van der Waals surface area contributed by atoms with Crippen LogP contribution in [0, 0.1) is 6.92 Å². The van der Waals surface area contributed by atoms with Crippen LogP contribution in [0.4, 0.5) is 0 Å². The SMILES string of the molecule is CCCCC.Cc1cc2cn(-c3ccc(C(=O)NCCCN=C(N)N)cc3)c(=O)nc2[nH]1. The molecule has 3 aromatic rings. The van der Waals surface area contributed by atoms with Crippen LogP contribution in [0.1, 0.15) is 55.6 Å². The molecule has 0 radical (unpaired) electrons. The third kappa shape index (κ3) is 7.26. The molecule has 0 bridgehead atoms. The van der Waals surface area contributed by atoms with E-state index < -0.39 is 0 Å². The van der Waals surface area contributed by atoms with Gasteiger partial charge in [0.05, 0.1) is 5.69 Å². The molecule has 1 aromatic carbocycles. The van der Waals surface area contributed by atoms with Crippen molar-refractivity contribution < 1.29 is 4.79 Å². The first kappa shape index (κ1) is 24.6. The molecule has 3 rings (SSSR count). The van der Waals surface area contributed by atoms with E-state index in [1.165, 1.54) is 23.8 Å². The molecule has 0 aliphatic carbocycles. The number of aromatic nitrogens is 3. The minimum Gasteiger partial charge on any atom is -0.370 e. The van der Waals surface area contributed by atoms with E-state index in [9.17, 15) is 9.59 Å². The summed E-state index contributed by atoms with van der Waals surface area (Å²) < 4.78 is 1.45. The minimum atomic E-state index is -0.388. The van der Waals surface area contributed by atoms with Gasteiger partial charge < -0.3 is 21.8 Å². The van der Waals surface area contributed by atoms with E-state index in [2.05, 4.69) is 34.1 Å². The lowest BCUT2D eigenvalue weighted by atomic mass is 10.2. The molecule has 0 spiro atoms. The number of benzene rings is 1. The Kier molecular flexibility index (Phi) is 9.46. The van der Waals surface area contributed by atoms with Crippen LogP contribution in [0.2, 0.25) is 0 Å². The van der Waals surface area contributed by atoms with E-state index in [1.807, 2.05) is 13.0 Å². The number of aliphatic imine (C=N–C) groups is 1. The Bertz CT molecular complexity index is 1090. The zero-order valence-electron chi connectivity index (χ0n) is 19.0. The third-order valence-electron chi connectivity index (χ3n) is 4.67. The number of rotatable bonds is 8. The summed E-state index contributed by atoms with van der Waals surface area (Å²) in [5, 5.41) is 3.64. The van der Waals surface area contributed by atoms with Crippen LogP contribution in [-0.2, 0) is 0 Å². The maximum atomic E-state index is 12.2. The van der Waals surface area contributed by atoms with E-state index in [-0.39, 0.29) is 17.6 Å². The van der Waals surface area contributed by atoms with E-state index >= 15 is 0 Å². The number of carbonyl (C=O) groups excluding carboxylic acids is 1. The lowest BCUT2D eigenvalue weighted by molar-refractivity contribution is 0.0953. The lowest BCUT2D eigenvalue weighted by Crippen LogP contribution is -2.26. The molecule has 9 heteroatoms. The number of hydrogen-bond acceptors (Lipinski definition) is 4. The Morgan fingerprint density at radius 3 is 2.44 bits per heavy atom. The van der Waals surface area contributed by atoms with Crippen molar-refractivity contribution in [2.75, 3.05) is 13.1 Å². The molecule has 9 nitrogen and oxygen atoms in total. The van der Waals surface area contributed by atoms with Gasteiger partial charge in [0.1, 0.15) is 5.65 Å². The second-order valence-electron chi connectivity index (χ2n) is 7.47. The highest BCUT2D eigenvalue weighted by Gasteiger charge is 2.08. The Hall–Kier alpha value is -3.62. The predicted octanol–water partition coefficient (Wildman–Crippen LogP) is 2.61. The molecule has 0 aliphatic rings. The van der Waals surface area contributed by atoms with Crippen molar-refractivity contribution in [2.45, 2.75) is 46.5 Å². The molecular weight excluding hydrogens is 406 g/mol. The van der Waals surface area contributed by atoms with Gasteiger partial charge in [-0.25, -0.2) is 4.79 Å². The zero-order chi connectivity index (χ0) is 23.5. The summed E-state index contributed by atoms with van der Waals surface area (Å²) in [6.07, 6.45) is 6.44. The normalized spacial score (nSPS) is 10.3. The van der Waals surface area contributed by atoms with Crippen LogP contribution in [0.3, 0.4) is 0 Å². The summed E-state index contributed by atoms with van der Waals surface area (Å²) in [5.74, 6) is -0.164. The fraction of sp³-hybridized carbons (Fsp3) is 0.391. The number of hydrogen-bond donors (Lipinski definition) is 4. The van der Waals surface area contributed by atoms with Crippen LogP contribution in [0.5, 0.6) is 0 Å². The van der Waals surface area contributed by atoms with Gasteiger partial charge in [0.2, 0.25) is 0 Å². The average molecular weight is 440 g/mol. The number of H-pyrrole nitrogens is 1. The van der Waals surface area contributed by atoms with Crippen LogP contribution in [0.25, 0.3) is 16.7 Å². The molecule has 2 heterocycles. The quantitative estimate of drug-likeness (QED) is 0.242. The number of nitrogens with two attached hydrogens (primary N) is 2. The highest BCUT2D eigenvalue weighted by molar-refractivity contribution is 5.94. The number of aromatic amines is 1. The van der Waals surface area contributed by atoms with Gasteiger partial charge in [0.25, 0.3) is 5.91 Å². The van der Waals surface area contributed by atoms with Crippen LogP contribution < -0.4 is 22.5 Å². The number of guanidine groups is 1. The van der Waals surface area contributed by atoms with E-state index in [4.69, 9.17) is 11.5 Å². The molecule has 0 saturated carbocycles. The van der Waals surface area contributed by atoms with Crippen molar-refractivity contribution in [1.82, 2.24) is 19.9 Å². The van der Waals surface area contributed by atoms with Crippen LogP contribution in [-0.4, -0.2) is 39.5 Å². The smallest absolute Gasteiger partial charge is 0.354 e. The molecule has 0 aliphatic heterocycles. The van der Waals surface area contributed by atoms with Crippen molar-refractivity contribution in [3.05, 3.63) is 58.3 Å². The number of carbonyl (C=O) groups is 1. The lowest BCUT2D eigenvalue weighted by Gasteiger charge is -2.07. The summed E-state index contributed by atoms with van der Waals surface area (Å²) in [6, 6.07) is 8.67. The number of fused-ring (bicyclic) bond motifs is 1. The predicted molar refractivity (Wildman–Crippen MR) is 129 cm³/mol. The van der Waals surface area contributed by atoms with Crippen molar-refractivity contribution in [1.29, 1.82) is 0 Å². The van der Waals surface area contributed by atoms with Gasteiger partial charge in [-0.2, -0.15) is 4.98 Å². The van der Waals surface area contributed by atoms with E-state index in [0.29, 0.717) is 36.4 Å². The number of nitrogens with one attached hydrogen (secondary N) is 2. The van der Waals surface area contributed by atoms with Gasteiger partial charge in [0.15, 0.2) is 5.96 Å². The van der Waals surface area contributed by atoms with E-state index in [0.717, 1.165) is 11.1 Å². The molecule has 0 unspecified atom stereocenters. The second-order valence-corrected chi connectivity index (χ2v) is 7.47. The number of unbranched alkanes of at least 4 members (excludes halogenated alkanes) is 2. The van der Waals surface area contributed by atoms with Gasteiger partial charge in [-0.3, -0.25) is 14.4 Å². The summed E-state index contributed by atoms with van der Waals surface area (Å²) >= 11 is 0. The average Bonchev–Trinajstić information content (AvgIpc) is 3.12. The summed E-state index contributed by atoms with van der Waals surface area (Å²) in [4.78, 5) is 35.3. The first-order valence-corrected chi connectivity index (χ1v) is 10.9. The second kappa shape index (κ2) is 12.3. The molecule has 172 valence electrons. The topological polar surface area (TPSA) is 144 Å². The molecule has 32 heavy (non-hydrogen) atoms. The number of nitrogens with zero attached hydrogens (tertiary/aromatic N) is 3. The van der Waals surface area contributed by atoms with Gasteiger partial charge >= 0.3 is 5.69 Å². The van der Waals surface area contributed by atoms with E-state index in [1.54, 1.807) is 30.5 Å². The Morgan fingerprint density at radius 1 is 1.16 bits per heavy atom. The molecule has 0 atom stereocenters. The molecule has 0 fully saturated rings. The minimum absolute atomic E-state index is 0.0367. The summed E-state index contributed by atoms with van der Waals surface area (Å²) in [7, 11) is 0. The Morgan fingerprint density at radius 2 is 1.84 bits per heavy atom. The summed E-state index contributed by atoms with van der Waals surface area (Å²) in [6.45, 7) is 7.25. The first-order valence-electron chi connectivity index (χ1n) is 10.9. The Balaban J connectivity index is 0.000000654. The zero-order valence-corrected chi connectivity index (χ0v) is 19.0. The monoisotopic (exact) mass is 439 g/mol. The maximum Gasteiger partial charge on any atom is 0.354 e. The standard InChI is InChI=1S/C18H21N7O2.C5H12/c1-11-9-13-10-25(18(27)24-15(13)23-11)14-5-3-12(4-6-14)16(26)21-7-2-8-22-17(19)20;1-3-5-4-2/h3-6,9-10H,2,7-8H2,1H3,(H,21,26)(H4,19,20,22)(H,23,24,27);3-5H2,1-2H3. The fourth-order valence-electron chi connectivity index (χ4n) is 3.03. The van der Waals surface area contributed by atoms with Gasteiger partial charge in [0, 0.05) is 35.9 Å². The highest BCUT2D eigenvalue weighted by Crippen LogP contribution is 2.13. The molecule has 2 aromatic heterocycles. The number of aryl methyl sites for hydroxylation is 1. The van der Waals surface area contributed by atoms with Crippen LogP contribution >= 0.6 is 0 Å². The van der Waals surface area contributed by atoms with Crippen molar-refractivity contribution >= 4 is 22.9 Å². The number of amides is 1. The molecule has 6 N–H and O–H groups in total. The highest BCUT2D eigenvalue weighted by atomic mass is 16.2. The fourth-order valence-corrected chi connectivity index (χ4v) is 3.03. The molecule has 0 saturated heterocycles. The largest absolute Gasteiger partial charge is 0.370 e. The molecular formula is C23H33N7O2. The maximum absolute atomic E-state index is 12.2. The van der Waals surface area contributed by atoms with Crippen molar-refractivity contribution in [3.8, 4) is 5.69 Å². The van der Waals surface area contributed by atoms with Crippen LogP contribution in [0.15, 0.2) is 46.3 Å². The third-order valence-corrected chi connectivity index (χ3v) is 4.67. The summed E-state index contributed by atoms with van der Waals surface area (Å²) in [5.41, 5.74) is 12.7. The van der Waals surface area contributed by atoms with Gasteiger partial charge in [-0.05, 0) is 43.7 Å². The first-order chi connectivity index (χ1) is 15.3. The molecule has 1 amide bonds. The van der Waals surface area contributed by atoms with Gasteiger partial charge in [-0.1, -0.05) is 33.1 Å². The van der Waals surface area contributed by atoms with Crippen molar-refractivity contribution in [3.63, 3.8) is 0 Å². The van der Waals surface area contributed by atoms with Gasteiger partial charge in [-0.15, -0.1) is 0 Å².